The summed E-state index contributed by atoms with van der Waals surface area (Å²) in [5.74, 6) is 0.00218. The lowest BCUT2D eigenvalue weighted by Gasteiger charge is -2.20. The van der Waals surface area contributed by atoms with E-state index in [1.165, 1.54) is 19.2 Å². The molecule has 0 spiro atoms. The summed E-state index contributed by atoms with van der Waals surface area (Å²) >= 11 is 0. The van der Waals surface area contributed by atoms with Crippen molar-refractivity contribution in [2.24, 2.45) is 5.92 Å². The maximum absolute atomic E-state index is 13.5. The first-order valence-electron chi connectivity index (χ1n) is 10.4. The van der Waals surface area contributed by atoms with E-state index in [2.05, 4.69) is 23.8 Å². The first-order chi connectivity index (χ1) is 14.4. The molecule has 0 fully saturated rings. The Balaban J connectivity index is 2.69. The molecule has 1 N–H and O–H groups in total. The van der Waals surface area contributed by atoms with Crippen molar-refractivity contribution in [1.82, 2.24) is 9.97 Å². The van der Waals surface area contributed by atoms with Crippen LogP contribution in [0.3, 0.4) is 0 Å². The van der Waals surface area contributed by atoms with Gasteiger partial charge in [0.05, 0.1) is 23.7 Å². The first-order valence-corrected chi connectivity index (χ1v) is 12.3. The third-order valence-corrected chi connectivity index (χ3v) is 6.39. The molecule has 170 valence electrons. The van der Waals surface area contributed by atoms with Crippen LogP contribution in [0.4, 0.5) is 10.3 Å². The summed E-state index contributed by atoms with van der Waals surface area (Å²) in [7, 11) is -2.17. The Hall–Kier alpha value is -2.32. The average molecular weight is 450 g/mol. The van der Waals surface area contributed by atoms with Crippen LogP contribution >= 0.6 is 0 Å². The lowest BCUT2D eigenvalue weighted by Crippen LogP contribution is -2.27. The van der Waals surface area contributed by atoms with Gasteiger partial charge in [-0.25, -0.2) is 27.1 Å². The number of nitrogens with zero attached hydrogens (tertiary/aromatic N) is 3. The summed E-state index contributed by atoms with van der Waals surface area (Å²) in [5, 5.41) is 10.4. The smallest absolute Gasteiger partial charge is 0.239 e. The molecule has 0 saturated heterocycles. The second-order valence-electron chi connectivity index (χ2n) is 8.24. The molecule has 1 unspecified atom stereocenters. The molecule has 31 heavy (non-hydrogen) atoms. The highest BCUT2D eigenvalue weighted by Crippen LogP contribution is 2.31. The molecule has 8 heteroatoms. The van der Waals surface area contributed by atoms with Crippen molar-refractivity contribution in [2.75, 3.05) is 17.6 Å². The van der Waals surface area contributed by atoms with Crippen molar-refractivity contribution in [3.63, 3.8) is 0 Å². The number of aliphatic hydroxyl groups excluding tert-OH is 1. The van der Waals surface area contributed by atoms with E-state index in [4.69, 9.17) is 0 Å². The maximum atomic E-state index is 13.5. The first kappa shape index (κ1) is 24.9. The number of hydrogen-bond acceptors (Lipinski definition) is 5. The standard InChI is InChI=1S/C23H32FN3O3S/c1-7-16(4)14-19(28)12-13-20-21(15(2)3)25-23(27(5)31(6,29)30)26-22(20)17-8-10-18(24)11-9-17/h8-13,15-16,19,28H,7,14H2,1-6H3/b13-12+/t16-,19?/m0/s1. The summed E-state index contributed by atoms with van der Waals surface area (Å²) in [6.07, 6.45) is 5.55. The topological polar surface area (TPSA) is 83.4 Å². The molecule has 2 atom stereocenters. The van der Waals surface area contributed by atoms with Crippen LogP contribution in [0.5, 0.6) is 0 Å². The predicted molar refractivity (Wildman–Crippen MR) is 124 cm³/mol. The summed E-state index contributed by atoms with van der Waals surface area (Å²) < 4.78 is 38.7. The molecule has 0 aliphatic rings. The van der Waals surface area contributed by atoms with Gasteiger partial charge in [-0.05, 0) is 42.5 Å². The van der Waals surface area contributed by atoms with Crippen molar-refractivity contribution >= 4 is 22.0 Å². The fourth-order valence-corrected chi connectivity index (χ4v) is 3.44. The van der Waals surface area contributed by atoms with Gasteiger partial charge < -0.3 is 5.11 Å². The van der Waals surface area contributed by atoms with E-state index >= 15 is 0 Å². The third kappa shape index (κ3) is 6.58. The van der Waals surface area contributed by atoms with Gasteiger partial charge in [-0.2, -0.15) is 0 Å². The second-order valence-corrected chi connectivity index (χ2v) is 10.3. The van der Waals surface area contributed by atoms with Gasteiger partial charge >= 0.3 is 0 Å². The summed E-state index contributed by atoms with van der Waals surface area (Å²) in [6, 6.07) is 5.85. The van der Waals surface area contributed by atoms with Crippen molar-refractivity contribution < 1.29 is 17.9 Å². The van der Waals surface area contributed by atoms with Crippen LogP contribution in [-0.2, 0) is 10.0 Å². The molecule has 2 rings (SSSR count). The maximum Gasteiger partial charge on any atom is 0.239 e. The Bertz CT molecular complexity index is 1020. The summed E-state index contributed by atoms with van der Waals surface area (Å²) in [4.78, 5) is 9.04. The van der Waals surface area contributed by atoms with E-state index in [-0.39, 0.29) is 17.7 Å². The van der Waals surface area contributed by atoms with Crippen molar-refractivity contribution in [3.8, 4) is 11.3 Å². The molecule has 1 heterocycles. The van der Waals surface area contributed by atoms with Crippen LogP contribution in [0.25, 0.3) is 17.3 Å². The number of hydrogen-bond donors (Lipinski definition) is 1. The molecular formula is C23H32FN3O3S. The highest BCUT2D eigenvalue weighted by molar-refractivity contribution is 7.92. The van der Waals surface area contributed by atoms with Crippen LogP contribution < -0.4 is 4.31 Å². The lowest BCUT2D eigenvalue weighted by molar-refractivity contribution is 0.190. The Morgan fingerprint density at radius 2 is 1.77 bits per heavy atom. The van der Waals surface area contributed by atoms with Crippen LogP contribution in [-0.4, -0.2) is 42.9 Å². The zero-order valence-corrected chi connectivity index (χ0v) is 19.8. The van der Waals surface area contributed by atoms with Gasteiger partial charge in [0.2, 0.25) is 16.0 Å². The minimum absolute atomic E-state index is 0.0414. The Morgan fingerprint density at radius 3 is 2.29 bits per heavy atom. The van der Waals surface area contributed by atoms with Crippen molar-refractivity contribution in [3.05, 3.63) is 47.4 Å². The van der Waals surface area contributed by atoms with Gasteiger partial charge in [0, 0.05) is 18.2 Å². The molecule has 1 aromatic heterocycles. The second kappa shape index (κ2) is 10.3. The highest BCUT2D eigenvalue weighted by Gasteiger charge is 2.22. The van der Waals surface area contributed by atoms with E-state index in [1.807, 2.05) is 13.8 Å². The predicted octanol–water partition coefficient (Wildman–Crippen LogP) is 4.61. The van der Waals surface area contributed by atoms with Gasteiger partial charge in [0.15, 0.2) is 0 Å². The molecule has 0 saturated carbocycles. The SMILES string of the molecule is CC[C@H](C)CC(O)/C=C/c1c(-c2ccc(F)cc2)nc(N(C)S(C)(=O)=O)nc1C(C)C. The zero-order chi connectivity index (χ0) is 23.3. The Kier molecular flexibility index (Phi) is 8.31. The molecule has 0 aliphatic carbocycles. The lowest BCUT2D eigenvalue weighted by atomic mass is 9.96. The quantitative estimate of drug-likeness (QED) is 0.604. The summed E-state index contributed by atoms with van der Waals surface area (Å²) in [5.41, 5.74) is 2.43. The van der Waals surface area contributed by atoms with Gasteiger partial charge in [-0.3, -0.25) is 0 Å². The molecule has 6 nitrogen and oxygen atoms in total. The number of aromatic nitrogens is 2. The highest BCUT2D eigenvalue weighted by atomic mass is 32.2. The Labute approximate surface area is 184 Å². The van der Waals surface area contributed by atoms with Crippen LogP contribution in [0.1, 0.15) is 57.7 Å². The van der Waals surface area contributed by atoms with Gasteiger partial charge in [0.25, 0.3) is 0 Å². The van der Waals surface area contributed by atoms with E-state index in [9.17, 15) is 17.9 Å². The molecule has 0 amide bonds. The number of benzene rings is 1. The molecular weight excluding hydrogens is 417 g/mol. The van der Waals surface area contributed by atoms with Crippen LogP contribution in [0.15, 0.2) is 30.3 Å². The van der Waals surface area contributed by atoms with Gasteiger partial charge in [0.1, 0.15) is 5.82 Å². The molecule has 0 bridgehead atoms. The van der Waals surface area contributed by atoms with Crippen LogP contribution in [0, 0.1) is 11.7 Å². The Morgan fingerprint density at radius 1 is 1.16 bits per heavy atom. The fraction of sp³-hybridized carbons (Fsp3) is 0.478. The molecule has 2 aromatic rings. The fourth-order valence-electron chi connectivity index (χ4n) is 3.06. The minimum atomic E-state index is -3.57. The number of rotatable bonds is 9. The van der Waals surface area contributed by atoms with Crippen molar-refractivity contribution in [2.45, 2.75) is 52.6 Å². The normalized spacial score (nSPS) is 14.2. The third-order valence-electron chi connectivity index (χ3n) is 5.23. The monoisotopic (exact) mass is 449 g/mol. The van der Waals surface area contributed by atoms with E-state index in [0.29, 0.717) is 34.9 Å². The van der Waals surface area contributed by atoms with E-state index < -0.39 is 16.1 Å². The number of sulfonamides is 1. The number of halogens is 1. The molecule has 1 aromatic carbocycles. The van der Waals surface area contributed by atoms with Gasteiger partial charge in [-0.15, -0.1) is 0 Å². The minimum Gasteiger partial charge on any atom is -0.389 e. The van der Waals surface area contributed by atoms with Gasteiger partial charge in [-0.1, -0.05) is 46.3 Å². The average Bonchev–Trinajstić information content (AvgIpc) is 2.70. The zero-order valence-electron chi connectivity index (χ0n) is 19.0. The summed E-state index contributed by atoms with van der Waals surface area (Å²) in [6.45, 7) is 8.07. The molecule has 0 radical (unpaired) electrons. The van der Waals surface area contributed by atoms with Crippen molar-refractivity contribution in [1.29, 1.82) is 0 Å². The van der Waals surface area contributed by atoms with E-state index in [1.54, 1.807) is 24.3 Å². The number of anilines is 1. The van der Waals surface area contributed by atoms with Crippen LogP contribution in [0.2, 0.25) is 0 Å². The molecule has 0 aliphatic heterocycles. The number of aliphatic hydroxyl groups is 1. The largest absolute Gasteiger partial charge is 0.389 e. The van der Waals surface area contributed by atoms with E-state index in [0.717, 1.165) is 17.0 Å².